The van der Waals surface area contributed by atoms with Gasteiger partial charge in [-0.3, -0.25) is 4.79 Å². The fourth-order valence-corrected chi connectivity index (χ4v) is 1.63. The molecule has 1 fully saturated rings. The summed E-state index contributed by atoms with van der Waals surface area (Å²) in [6, 6.07) is 1.61. The van der Waals surface area contributed by atoms with E-state index in [9.17, 15) is 4.79 Å². The SMILES string of the molecule is Cc1cc(C(=O)NCC2(N)CCC2)no1.Cl. The van der Waals surface area contributed by atoms with E-state index in [1.807, 2.05) is 0 Å². The van der Waals surface area contributed by atoms with Crippen molar-refractivity contribution in [3.05, 3.63) is 17.5 Å². The van der Waals surface area contributed by atoms with Crippen LogP contribution in [0.1, 0.15) is 35.5 Å². The molecule has 1 saturated carbocycles. The average molecular weight is 246 g/mol. The number of hydrogen-bond donors (Lipinski definition) is 2. The highest BCUT2D eigenvalue weighted by Gasteiger charge is 2.32. The van der Waals surface area contributed by atoms with Crippen LogP contribution in [0.2, 0.25) is 0 Å². The second kappa shape index (κ2) is 4.84. The first-order valence-corrected chi connectivity index (χ1v) is 5.09. The summed E-state index contributed by atoms with van der Waals surface area (Å²) in [6.07, 6.45) is 3.10. The standard InChI is InChI=1S/C10H15N3O2.ClH/c1-7-5-8(13-15-7)9(14)12-6-10(11)3-2-4-10;/h5H,2-4,6,11H2,1H3,(H,12,14);1H. The minimum Gasteiger partial charge on any atom is -0.361 e. The molecule has 0 saturated heterocycles. The molecule has 5 nitrogen and oxygen atoms in total. The van der Waals surface area contributed by atoms with Gasteiger partial charge in [0.25, 0.3) is 5.91 Å². The van der Waals surface area contributed by atoms with Crippen molar-refractivity contribution in [2.45, 2.75) is 31.7 Å². The van der Waals surface area contributed by atoms with Gasteiger partial charge in [0.1, 0.15) is 5.76 Å². The zero-order valence-corrected chi connectivity index (χ0v) is 9.97. The Kier molecular flexibility index (Phi) is 3.93. The van der Waals surface area contributed by atoms with E-state index in [-0.39, 0.29) is 23.9 Å². The lowest BCUT2D eigenvalue weighted by Crippen LogP contribution is -2.54. The van der Waals surface area contributed by atoms with E-state index in [4.69, 9.17) is 10.3 Å². The zero-order valence-electron chi connectivity index (χ0n) is 9.16. The van der Waals surface area contributed by atoms with E-state index in [0.717, 1.165) is 19.3 Å². The predicted molar refractivity (Wildman–Crippen MR) is 61.6 cm³/mol. The molecular formula is C10H16ClN3O2. The second-order valence-electron chi connectivity index (χ2n) is 4.22. The Morgan fingerprint density at radius 2 is 2.38 bits per heavy atom. The summed E-state index contributed by atoms with van der Waals surface area (Å²) in [4.78, 5) is 11.6. The Hall–Kier alpha value is -1.07. The topological polar surface area (TPSA) is 81.2 Å². The van der Waals surface area contributed by atoms with Gasteiger partial charge in [-0.05, 0) is 26.2 Å². The lowest BCUT2D eigenvalue weighted by Gasteiger charge is -2.37. The minimum atomic E-state index is -0.219. The number of nitrogens with two attached hydrogens (primary N) is 1. The molecule has 1 amide bonds. The van der Waals surface area contributed by atoms with Gasteiger partial charge in [-0.25, -0.2) is 0 Å². The number of carbonyl (C=O) groups excluding carboxylic acids is 1. The number of nitrogens with zero attached hydrogens (tertiary/aromatic N) is 1. The maximum absolute atomic E-state index is 11.6. The highest BCUT2D eigenvalue weighted by Crippen LogP contribution is 2.28. The number of hydrogen-bond acceptors (Lipinski definition) is 4. The number of aromatic nitrogens is 1. The maximum atomic E-state index is 11.6. The highest BCUT2D eigenvalue weighted by molar-refractivity contribution is 5.92. The van der Waals surface area contributed by atoms with Crippen molar-refractivity contribution in [2.75, 3.05) is 6.54 Å². The Morgan fingerprint density at radius 1 is 1.69 bits per heavy atom. The third-order valence-corrected chi connectivity index (χ3v) is 2.81. The summed E-state index contributed by atoms with van der Waals surface area (Å²) in [5.41, 5.74) is 6.09. The van der Waals surface area contributed by atoms with Gasteiger partial charge in [-0.15, -0.1) is 12.4 Å². The summed E-state index contributed by atoms with van der Waals surface area (Å²) < 4.78 is 4.82. The lowest BCUT2D eigenvalue weighted by molar-refractivity contribution is 0.0920. The van der Waals surface area contributed by atoms with Crippen molar-refractivity contribution in [1.29, 1.82) is 0 Å². The molecule has 0 bridgehead atoms. The maximum Gasteiger partial charge on any atom is 0.273 e. The molecule has 0 radical (unpaired) electrons. The van der Waals surface area contributed by atoms with Gasteiger partial charge in [0.05, 0.1) is 0 Å². The first-order chi connectivity index (χ1) is 7.09. The lowest BCUT2D eigenvalue weighted by atomic mass is 9.78. The molecule has 0 aliphatic heterocycles. The highest BCUT2D eigenvalue weighted by atomic mass is 35.5. The molecule has 1 aromatic rings. The molecule has 90 valence electrons. The number of rotatable bonds is 3. The molecule has 6 heteroatoms. The van der Waals surface area contributed by atoms with Gasteiger partial charge in [0.15, 0.2) is 5.69 Å². The molecule has 1 aliphatic carbocycles. The third kappa shape index (κ3) is 2.74. The summed E-state index contributed by atoms with van der Waals surface area (Å²) in [6.45, 7) is 2.26. The Balaban J connectivity index is 0.00000128. The zero-order chi connectivity index (χ0) is 10.9. The molecule has 3 N–H and O–H groups in total. The molecule has 0 spiro atoms. The Morgan fingerprint density at radius 3 is 2.81 bits per heavy atom. The van der Waals surface area contributed by atoms with Crippen LogP contribution in [0.4, 0.5) is 0 Å². The van der Waals surface area contributed by atoms with E-state index >= 15 is 0 Å². The molecular weight excluding hydrogens is 230 g/mol. The van der Waals surface area contributed by atoms with Gasteiger partial charge >= 0.3 is 0 Å². The smallest absolute Gasteiger partial charge is 0.273 e. The van der Waals surface area contributed by atoms with E-state index in [1.165, 1.54) is 0 Å². The molecule has 1 heterocycles. The fourth-order valence-electron chi connectivity index (χ4n) is 1.63. The average Bonchev–Trinajstić information content (AvgIpc) is 2.58. The van der Waals surface area contributed by atoms with Crippen LogP contribution in [-0.2, 0) is 0 Å². The van der Waals surface area contributed by atoms with Crippen LogP contribution in [0, 0.1) is 6.92 Å². The van der Waals surface area contributed by atoms with Crippen molar-refractivity contribution < 1.29 is 9.32 Å². The van der Waals surface area contributed by atoms with E-state index in [1.54, 1.807) is 13.0 Å². The van der Waals surface area contributed by atoms with Gasteiger partial charge in [0.2, 0.25) is 0 Å². The number of aryl methyl sites for hydroxylation is 1. The molecule has 0 atom stereocenters. The third-order valence-electron chi connectivity index (χ3n) is 2.81. The normalized spacial score (nSPS) is 17.1. The van der Waals surface area contributed by atoms with Crippen LogP contribution in [-0.4, -0.2) is 23.1 Å². The van der Waals surface area contributed by atoms with Gasteiger partial charge < -0.3 is 15.6 Å². The van der Waals surface area contributed by atoms with Crippen LogP contribution in [0.5, 0.6) is 0 Å². The summed E-state index contributed by atoms with van der Waals surface area (Å²) >= 11 is 0. The van der Waals surface area contributed by atoms with Crippen LogP contribution in [0.3, 0.4) is 0 Å². The molecule has 16 heavy (non-hydrogen) atoms. The van der Waals surface area contributed by atoms with Gasteiger partial charge in [0, 0.05) is 18.2 Å². The summed E-state index contributed by atoms with van der Waals surface area (Å²) in [7, 11) is 0. The van der Waals surface area contributed by atoms with E-state index < -0.39 is 0 Å². The number of amides is 1. The first kappa shape index (κ1) is 13.0. The van der Waals surface area contributed by atoms with Crippen molar-refractivity contribution >= 4 is 18.3 Å². The monoisotopic (exact) mass is 245 g/mol. The van der Waals surface area contributed by atoms with Crippen molar-refractivity contribution in [2.24, 2.45) is 5.73 Å². The molecule has 2 rings (SSSR count). The van der Waals surface area contributed by atoms with Crippen molar-refractivity contribution in [1.82, 2.24) is 10.5 Å². The molecule has 1 aliphatic rings. The number of carbonyl (C=O) groups is 1. The van der Waals surface area contributed by atoms with Gasteiger partial charge in [-0.2, -0.15) is 0 Å². The predicted octanol–water partition coefficient (Wildman–Crippen LogP) is 1.02. The summed E-state index contributed by atoms with van der Waals surface area (Å²) in [5, 5.41) is 6.40. The molecule has 0 unspecified atom stereocenters. The van der Waals surface area contributed by atoms with Crippen LogP contribution < -0.4 is 11.1 Å². The number of halogens is 1. The van der Waals surface area contributed by atoms with E-state index in [0.29, 0.717) is 18.0 Å². The Labute approximate surface area is 100 Å². The molecule has 0 aromatic carbocycles. The van der Waals surface area contributed by atoms with Crippen molar-refractivity contribution in [3.8, 4) is 0 Å². The van der Waals surface area contributed by atoms with Gasteiger partial charge in [-0.1, -0.05) is 5.16 Å². The fraction of sp³-hybridized carbons (Fsp3) is 0.600. The minimum absolute atomic E-state index is 0. The van der Waals surface area contributed by atoms with Crippen LogP contribution in [0.15, 0.2) is 10.6 Å². The largest absolute Gasteiger partial charge is 0.361 e. The van der Waals surface area contributed by atoms with E-state index in [2.05, 4.69) is 10.5 Å². The quantitative estimate of drug-likeness (QED) is 0.833. The first-order valence-electron chi connectivity index (χ1n) is 5.09. The number of nitrogens with one attached hydrogen (secondary N) is 1. The molecule has 1 aromatic heterocycles. The van der Waals surface area contributed by atoms with Crippen molar-refractivity contribution in [3.63, 3.8) is 0 Å². The van der Waals surface area contributed by atoms with Crippen LogP contribution >= 0.6 is 12.4 Å². The Bertz CT molecular complexity index is 374. The summed E-state index contributed by atoms with van der Waals surface area (Å²) in [5.74, 6) is 0.412. The second-order valence-corrected chi connectivity index (χ2v) is 4.22. The van der Waals surface area contributed by atoms with Crippen LogP contribution in [0.25, 0.3) is 0 Å².